The Kier molecular flexibility index (Phi) is 4.76. The van der Waals surface area contributed by atoms with E-state index in [1.54, 1.807) is 17.1 Å². The van der Waals surface area contributed by atoms with Crippen LogP contribution in [0.2, 0.25) is 0 Å². The lowest BCUT2D eigenvalue weighted by atomic mass is 9.92. The van der Waals surface area contributed by atoms with Gasteiger partial charge in [-0.3, -0.25) is 9.69 Å². The van der Waals surface area contributed by atoms with Gasteiger partial charge in [0.1, 0.15) is 6.33 Å². The summed E-state index contributed by atoms with van der Waals surface area (Å²) in [6.45, 7) is 8.83. The molecule has 2 aromatic rings. The van der Waals surface area contributed by atoms with E-state index in [-0.39, 0.29) is 11.0 Å². The van der Waals surface area contributed by atoms with Gasteiger partial charge in [-0.1, -0.05) is 20.8 Å². The molecule has 1 unspecified atom stereocenters. The molecule has 0 saturated carbocycles. The predicted molar refractivity (Wildman–Crippen MR) is 92.7 cm³/mol. The van der Waals surface area contributed by atoms with Crippen LogP contribution in [0, 0.1) is 0 Å². The lowest BCUT2D eigenvalue weighted by Gasteiger charge is -2.25. The van der Waals surface area contributed by atoms with E-state index in [0.29, 0.717) is 12.6 Å². The molecule has 6 heteroatoms. The van der Waals surface area contributed by atoms with Gasteiger partial charge in [-0.25, -0.2) is 14.6 Å². The SMILES string of the molecule is CC(C)(C)c1ccc(=O)n(CC2CCCN2Cc2cncnc2)n1. The highest BCUT2D eigenvalue weighted by atomic mass is 16.1. The molecule has 2 aromatic heterocycles. The summed E-state index contributed by atoms with van der Waals surface area (Å²) in [4.78, 5) is 22.8. The normalized spacial score (nSPS) is 18.9. The molecule has 3 heterocycles. The van der Waals surface area contributed by atoms with E-state index >= 15 is 0 Å². The van der Waals surface area contributed by atoms with Crippen LogP contribution < -0.4 is 5.56 Å². The molecule has 6 nitrogen and oxygen atoms in total. The van der Waals surface area contributed by atoms with E-state index in [4.69, 9.17) is 0 Å². The number of likely N-dealkylation sites (tertiary alicyclic amines) is 1. The van der Waals surface area contributed by atoms with Gasteiger partial charge < -0.3 is 0 Å². The smallest absolute Gasteiger partial charge is 0.266 e. The number of hydrogen-bond acceptors (Lipinski definition) is 5. The van der Waals surface area contributed by atoms with Crippen LogP contribution in [0.25, 0.3) is 0 Å². The van der Waals surface area contributed by atoms with Gasteiger partial charge in [-0.15, -0.1) is 0 Å². The third-order valence-corrected chi connectivity index (χ3v) is 4.52. The molecule has 1 fully saturated rings. The third kappa shape index (κ3) is 3.87. The first-order valence-corrected chi connectivity index (χ1v) is 8.50. The Balaban J connectivity index is 1.76. The average molecular weight is 327 g/mol. The quantitative estimate of drug-likeness (QED) is 0.859. The third-order valence-electron chi connectivity index (χ3n) is 4.52. The Morgan fingerprint density at radius 1 is 1.21 bits per heavy atom. The van der Waals surface area contributed by atoms with E-state index in [0.717, 1.165) is 37.2 Å². The Morgan fingerprint density at radius 2 is 1.96 bits per heavy atom. The molecule has 128 valence electrons. The molecule has 1 saturated heterocycles. The first-order chi connectivity index (χ1) is 11.4. The summed E-state index contributed by atoms with van der Waals surface area (Å²) < 4.78 is 1.63. The summed E-state index contributed by atoms with van der Waals surface area (Å²) in [5.41, 5.74) is 1.96. The Bertz CT molecular complexity index is 735. The van der Waals surface area contributed by atoms with Gasteiger partial charge in [0.15, 0.2) is 0 Å². The van der Waals surface area contributed by atoms with Gasteiger partial charge in [0, 0.05) is 42.0 Å². The Morgan fingerprint density at radius 3 is 2.67 bits per heavy atom. The minimum Gasteiger partial charge on any atom is -0.294 e. The van der Waals surface area contributed by atoms with Crippen LogP contribution in [0.3, 0.4) is 0 Å². The minimum atomic E-state index is -0.0633. The molecular formula is C18H25N5O. The lowest BCUT2D eigenvalue weighted by Crippen LogP contribution is -2.37. The van der Waals surface area contributed by atoms with E-state index < -0.39 is 0 Å². The second-order valence-corrected chi connectivity index (χ2v) is 7.50. The molecule has 0 N–H and O–H groups in total. The van der Waals surface area contributed by atoms with Crippen LogP contribution in [-0.4, -0.2) is 37.2 Å². The van der Waals surface area contributed by atoms with Crippen LogP contribution in [0.15, 0.2) is 35.6 Å². The summed E-state index contributed by atoms with van der Waals surface area (Å²) in [5.74, 6) is 0. The van der Waals surface area contributed by atoms with E-state index in [1.807, 2.05) is 18.5 Å². The minimum absolute atomic E-state index is 0.0297. The molecule has 3 rings (SSSR count). The van der Waals surface area contributed by atoms with Crippen molar-refractivity contribution in [3.8, 4) is 0 Å². The molecule has 24 heavy (non-hydrogen) atoms. The first-order valence-electron chi connectivity index (χ1n) is 8.50. The molecule has 0 bridgehead atoms. The van der Waals surface area contributed by atoms with Crippen molar-refractivity contribution in [2.45, 2.75) is 58.2 Å². The highest BCUT2D eigenvalue weighted by Gasteiger charge is 2.26. The molecule has 1 aliphatic heterocycles. The van der Waals surface area contributed by atoms with Gasteiger partial charge in [-0.2, -0.15) is 5.10 Å². The molecule has 0 aliphatic carbocycles. The van der Waals surface area contributed by atoms with E-state index in [2.05, 4.69) is 40.7 Å². The maximum atomic E-state index is 12.2. The first kappa shape index (κ1) is 16.8. The van der Waals surface area contributed by atoms with Gasteiger partial charge in [0.25, 0.3) is 5.56 Å². The Hall–Kier alpha value is -2.08. The molecular weight excluding hydrogens is 302 g/mol. The largest absolute Gasteiger partial charge is 0.294 e. The van der Waals surface area contributed by atoms with E-state index in [9.17, 15) is 4.79 Å². The zero-order valence-electron chi connectivity index (χ0n) is 14.6. The summed E-state index contributed by atoms with van der Waals surface area (Å²) in [6, 6.07) is 3.80. The zero-order valence-corrected chi connectivity index (χ0v) is 14.6. The molecule has 1 atom stereocenters. The fourth-order valence-electron chi connectivity index (χ4n) is 3.14. The summed E-state index contributed by atoms with van der Waals surface area (Å²) in [5, 5.41) is 4.60. The van der Waals surface area contributed by atoms with Crippen molar-refractivity contribution in [3.05, 3.63) is 52.5 Å². The zero-order chi connectivity index (χ0) is 17.2. The van der Waals surface area contributed by atoms with Crippen LogP contribution >= 0.6 is 0 Å². The van der Waals surface area contributed by atoms with Gasteiger partial charge in [0.2, 0.25) is 0 Å². The highest BCUT2D eigenvalue weighted by molar-refractivity contribution is 5.11. The van der Waals surface area contributed by atoms with Crippen molar-refractivity contribution < 1.29 is 0 Å². The fraction of sp³-hybridized carbons (Fsp3) is 0.556. The topological polar surface area (TPSA) is 63.9 Å². The van der Waals surface area contributed by atoms with Crippen LogP contribution in [0.5, 0.6) is 0 Å². The molecule has 0 amide bonds. The van der Waals surface area contributed by atoms with Crippen LogP contribution in [-0.2, 0) is 18.5 Å². The van der Waals surface area contributed by atoms with Crippen molar-refractivity contribution >= 4 is 0 Å². The summed E-state index contributed by atoms with van der Waals surface area (Å²) in [7, 11) is 0. The van der Waals surface area contributed by atoms with Crippen molar-refractivity contribution in [1.29, 1.82) is 0 Å². The average Bonchev–Trinajstić information content (AvgIpc) is 2.96. The number of rotatable bonds is 4. The van der Waals surface area contributed by atoms with Gasteiger partial charge >= 0.3 is 0 Å². The second kappa shape index (κ2) is 6.81. The van der Waals surface area contributed by atoms with Gasteiger partial charge in [-0.05, 0) is 25.5 Å². The van der Waals surface area contributed by atoms with E-state index in [1.165, 1.54) is 0 Å². The van der Waals surface area contributed by atoms with Gasteiger partial charge in [0.05, 0.1) is 12.2 Å². The lowest BCUT2D eigenvalue weighted by molar-refractivity contribution is 0.215. The maximum absolute atomic E-state index is 12.2. The van der Waals surface area contributed by atoms with Crippen molar-refractivity contribution in [1.82, 2.24) is 24.6 Å². The molecule has 1 aliphatic rings. The predicted octanol–water partition coefficient (Wildman–Crippen LogP) is 2.00. The van der Waals surface area contributed by atoms with Crippen molar-refractivity contribution in [2.24, 2.45) is 0 Å². The molecule has 0 radical (unpaired) electrons. The fourth-order valence-corrected chi connectivity index (χ4v) is 3.14. The number of hydrogen-bond donors (Lipinski definition) is 0. The van der Waals surface area contributed by atoms with Crippen molar-refractivity contribution in [3.63, 3.8) is 0 Å². The summed E-state index contributed by atoms with van der Waals surface area (Å²) in [6.07, 6.45) is 7.49. The Labute approximate surface area is 142 Å². The molecule has 0 spiro atoms. The highest BCUT2D eigenvalue weighted by Crippen LogP contribution is 2.22. The summed E-state index contributed by atoms with van der Waals surface area (Å²) >= 11 is 0. The monoisotopic (exact) mass is 327 g/mol. The number of nitrogens with zero attached hydrogens (tertiary/aromatic N) is 5. The van der Waals surface area contributed by atoms with Crippen molar-refractivity contribution in [2.75, 3.05) is 6.54 Å². The van der Waals surface area contributed by atoms with Crippen LogP contribution in [0.1, 0.15) is 44.9 Å². The second-order valence-electron chi connectivity index (χ2n) is 7.50. The van der Waals surface area contributed by atoms with Crippen LogP contribution in [0.4, 0.5) is 0 Å². The standard InChI is InChI=1S/C18H25N5O/c1-18(2,3)16-6-7-17(24)23(21-16)12-15-5-4-8-22(15)11-14-9-19-13-20-10-14/h6-7,9-10,13,15H,4-5,8,11-12H2,1-3H3. The molecule has 0 aromatic carbocycles. The maximum Gasteiger partial charge on any atom is 0.266 e. The number of aromatic nitrogens is 4.